The molecule has 0 saturated heterocycles. The molecule has 6 nitrogen and oxygen atoms in total. The Morgan fingerprint density at radius 1 is 1.19 bits per heavy atom. The predicted molar refractivity (Wildman–Crippen MR) is 79.5 cm³/mol. The number of benzene rings is 1. The van der Waals surface area contributed by atoms with Crippen LogP contribution < -0.4 is 5.32 Å². The average molecular weight is 290 g/mol. The molecule has 1 aromatic heterocycles. The number of carbonyl (C=O) groups is 2. The molecule has 0 radical (unpaired) electrons. The minimum Gasteiger partial charge on any atom is -0.464 e. The summed E-state index contributed by atoms with van der Waals surface area (Å²) in [5, 5.41) is 3.45. The first-order chi connectivity index (χ1) is 9.78. The van der Waals surface area contributed by atoms with Gasteiger partial charge in [0.1, 0.15) is 11.3 Å². The van der Waals surface area contributed by atoms with E-state index in [1.54, 1.807) is 45.0 Å². The van der Waals surface area contributed by atoms with E-state index in [-0.39, 0.29) is 0 Å². The number of rotatable bonds is 2. The van der Waals surface area contributed by atoms with Crippen molar-refractivity contribution in [2.75, 3.05) is 12.4 Å². The maximum Gasteiger partial charge on any atom is 0.412 e. The van der Waals surface area contributed by atoms with Crippen LogP contribution in [0.3, 0.4) is 0 Å². The molecule has 0 atom stereocenters. The van der Waals surface area contributed by atoms with E-state index in [9.17, 15) is 9.59 Å². The maximum atomic E-state index is 11.7. The van der Waals surface area contributed by atoms with Crippen LogP contribution in [0.25, 0.3) is 10.9 Å². The Balaban J connectivity index is 2.19. The van der Waals surface area contributed by atoms with E-state index in [0.717, 1.165) is 10.9 Å². The lowest BCUT2D eigenvalue weighted by Crippen LogP contribution is -2.27. The van der Waals surface area contributed by atoms with Crippen LogP contribution in [0.2, 0.25) is 0 Å². The molecule has 21 heavy (non-hydrogen) atoms. The molecule has 1 amide bonds. The highest BCUT2D eigenvalue weighted by Gasteiger charge is 2.16. The van der Waals surface area contributed by atoms with Crippen LogP contribution >= 0.6 is 0 Å². The third kappa shape index (κ3) is 3.75. The van der Waals surface area contributed by atoms with Crippen molar-refractivity contribution in [3.63, 3.8) is 0 Å². The lowest BCUT2D eigenvalue weighted by molar-refractivity contribution is 0.0593. The highest BCUT2D eigenvalue weighted by molar-refractivity contribution is 5.96. The molecule has 2 rings (SSSR count). The summed E-state index contributed by atoms with van der Waals surface area (Å²) in [5.41, 5.74) is 1.18. The van der Waals surface area contributed by atoms with E-state index in [4.69, 9.17) is 4.74 Å². The molecule has 0 spiro atoms. The summed E-state index contributed by atoms with van der Waals surface area (Å²) >= 11 is 0. The van der Waals surface area contributed by atoms with Gasteiger partial charge < -0.3 is 14.5 Å². The highest BCUT2D eigenvalue weighted by Crippen LogP contribution is 2.21. The summed E-state index contributed by atoms with van der Waals surface area (Å²) in [7, 11) is 1.32. The molecular weight excluding hydrogens is 272 g/mol. The summed E-state index contributed by atoms with van der Waals surface area (Å²) in [6.45, 7) is 5.39. The second kappa shape index (κ2) is 5.47. The number of ether oxygens (including phenoxy) is 2. The van der Waals surface area contributed by atoms with E-state index in [1.165, 1.54) is 7.11 Å². The van der Waals surface area contributed by atoms with E-state index >= 15 is 0 Å². The lowest BCUT2D eigenvalue weighted by atomic mass is 10.2. The Hall–Kier alpha value is -2.50. The van der Waals surface area contributed by atoms with E-state index in [0.29, 0.717) is 11.4 Å². The SMILES string of the molecule is COC(=O)c1cc2cc(NC(=O)OC(C)(C)C)ccc2[nH]1. The number of esters is 1. The van der Waals surface area contributed by atoms with Crippen LogP contribution in [0.15, 0.2) is 24.3 Å². The van der Waals surface area contributed by atoms with Gasteiger partial charge >= 0.3 is 12.1 Å². The van der Waals surface area contributed by atoms with Crippen molar-refractivity contribution in [2.45, 2.75) is 26.4 Å². The molecule has 1 heterocycles. The quantitative estimate of drug-likeness (QED) is 0.831. The number of aromatic nitrogens is 1. The van der Waals surface area contributed by atoms with Crippen molar-refractivity contribution < 1.29 is 19.1 Å². The van der Waals surface area contributed by atoms with Gasteiger partial charge in [-0.25, -0.2) is 9.59 Å². The number of H-pyrrole nitrogens is 1. The summed E-state index contributed by atoms with van der Waals surface area (Å²) in [5.74, 6) is -0.437. The van der Waals surface area contributed by atoms with Crippen molar-refractivity contribution in [1.29, 1.82) is 0 Å². The minimum absolute atomic E-state index is 0.363. The first-order valence-electron chi connectivity index (χ1n) is 6.49. The Morgan fingerprint density at radius 3 is 2.52 bits per heavy atom. The topological polar surface area (TPSA) is 80.4 Å². The van der Waals surface area contributed by atoms with Gasteiger partial charge in [-0.2, -0.15) is 0 Å². The first kappa shape index (κ1) is 14.9. The Kier molecular flexibility index (Phi) is 3.88. The summed E-state index contributed by atoms with van der Waals surface area (Å²) in [4.78, 5) is 26.1. The number of methoxy groups -OCH3 is 1. The molecule has 0 aliphatic heterocycles. The number of aromatic amines is 1. The third-order valence-electron chi connectivity index (χ3n) is 2.67. The molecule has 0 aliphatic rings. The zero-order valence-corrected chi connectivity index (χ0v) is 12.4. The molecule has 0 bridgehead atoms. The summed E-state index contributed by atoms with van der Waals surface area (Å²) in [6.07, 6.45) is -0.523. The van der Waals surface area contributed by atoms with Crippen LogP contribution in [0.1, 0.15) is 31.3 Å². The zero-order chi connectivity index (χ0) is 15.6. The van der Waals surface area contributed by atoms with Gasteiger partial charge in [-0.3, -0.25) is 5.32 Å². The number of anilines is 1. The monoisotopic (exact) mass is 290 g/mol. The fourth-order valence-corrected chi connectivity index (χ4v) is 1.85. The van der Waals surface area contributed by atoms with Crippen LogP contribution in [0.5, 0.6) is 0 Å². The van der Waals surface area contributed by atoms with Crippen LogP contribution in [0.4, 0.5) is 10.5 Å². The molecule has 0 aliphatic carbocycles. The van der Waals surface area contributed by atoms with Crippen LogP contribution in [-0.2, 0) is 9.47 Å². The minimum atomic E-state index is -0.555. The zero-order valence-electron chi connectivity index (χ0n) is 12.4. The lowest BCUT2D eigenvalue weighted by Gasteiger charge is -2.19. The van der Waals surface area contributed by atoms with E-state index in [2.05, 4.69) is 15.0 Å². The van der Waals surface area contributed by atoms with Crippen molar-refractivity contribution in [2.24, 2.45) is 0 Å². The molecule has 112 valence electrons. The fraction of sp³-hybridized carbons (Fsp3) is 0.333. The molecule has 2 N–H and O–H groups in total. The van der Waals surface area contributed by atoms with Gasteiger partial charge in [-0.05, 0) is 45.0 Å². The van der Waals surface area contributed by atoms with Crippen molar-refractivity contribution in [3.05, 3.63) is 30.0 Å². The van der Waals surface area contributed by atoms with E-state index < -0.39 is 17.7 Å². The number of nitrogens with one attached hydrogen (secondary N) is 2. The summed E-state index contributed by atoms with van der Waals surface area (Å²) < 4.78 is 9.84. The fourth-order valence-electron chi connectivity index (χ4n) is 1.85. The van der Waals surface area contributed by atoms with Crippen molar-refractivity contribution in [3.8, 4) is 0 Å². The molecule has 0 saturated carbocycles. The van der Waals surface area contributed by atoms with Gasteiger partial charge in [-0.1, -0.05) is 0 Å². The molecule has 0 fully saturated rings. The molecule has 6 heteroatoms. The number of hydrogen-bond donors (Lipinski definition) is 2. The Morgan fingerprint density at radius 2 is 1.90 bits per heavy atom. The Labute approximate surface area is 122 Å². The number of amides is 1. The number of fused-ring (bicyclic) bond motifs is 1. The first-order valence-corrected chi connectivity index (χ1v) is 6.49. The molecular formula is C15H18N2O4. The highest BCUT2D eigenvalue weighted by atomic mass is 16.6. The standard InChI is InChI=1S/C15H18N2O4/c1-15(2,3)21-14(19)16-10-5-6-11-9(7-10)8-12(17-11)13(18)20-4/h5-8,17H,1-4H3,(H,16,19). The molecule has 1 aromatic carbocycles. The Bertz CT molecular complexity index is 683. The van der Waals surface area contributed by atoms with Gasteiger partial charge in [0, 0.05) is 16.6 Å². The second-order valence-corrected chi connectivity index (χ2v) is 5.60. The van der Waals surface area contributed by atoms with Gasteiger partial charge in [0.15, 0.2) is 0 Å². The van der Waals surface area contributed by atoms with Crippen LogP contribution in [-0.4, -0.2) is 29.8 Å². The third-order valence-corrected chi connectivity index (χ3v) is 2.67. The maximum absolute atomic E-state index is 11.7. The van der Waals surface area contributed by atoms with Gasteiger partial charge in [-0.15, -0.1) is 0 Å². The average Bonchev–Trinajstić information content (AvgIpc) is 2.78. The van der Waals surface area contributed by atoms with Crippen LogP contribution in [0, 0.1) is 0 Å². The number of hydrogen-bond acceptors (Lipinski definition) is 4. The van der Waals surface area contributed by atoms with Crippen molar-refractivity contribution in [1.82, 2.24) is 4.98 Å². The van der Waals surface area contributed by atoms with Crippen molar-refractivity contribution >= 4 is 28.7 Å². The molecule has 2 aromatic rings. The van der Waals surface area contributed by atoms with Gasteiger partial charge in [0.2, 0.25) is 0 Å². The second-order valence-electron chi connectivity index (χ2n) is 5.60. The molecule has 0 unspecified atom stereocenters. The smallest absolute Gasteiger partial charge is 0.412 e. The van der Waals surface area contributed by atoms with Gasteiger partial charge in [0.05, 0.1) is 7.11 Å². The number of carbonyl (C=O) groups excluding carboxylic acids is 2. The predicted octanol–water partition coefficient (Wildman–Crippen LogP) is 3.30. The van der Waals surface area contributed by atoms with Gasteiger partial charge in [0.25, 0.3) is 0 Å². The summed E-state index contributed by atoms with van der Waals surface area (Å²) in [6, 6.07) is 6.92. The normalized spacial score (nSPS) is 11.2. The largest absolute Gasteiger partial charge is 0.464 e. The van der Waals surface area contributed by atoms with E-state index in [1.807, 2.05) is 0 Å².